The number of benzene rings is 1. The minimum absolute atomic E-state index is 0.195. The molecule has 0 saturated carbocycles. The molecule has 0 spiro atoms. The fraction of sp³-hybridized carbons (Fsp3) is 0.214. The number of aliphatic hydroxyl groups is 1. The van der Waals surface area contributed by atoms with E-state index in [1.807, 2.05) is 12.1 Å². The van der Waals surface area contributed by atoms with Crippen molar-refractivity contribution in [2.45, 2.75) is 13.3 Å². The van der Waals surface area contributed by atoms with Crippen LogP contribution in [0.2, 0.25) is 0 Å². The molecule has 2 rings (SSSR count). The molecule has 16 heavy (non-hydrogen) atoms. The van der Waals surface area contributed by atoms with Gasteiger partial charge in [-0.2, -0.15) is 0 Å². The van der Waals surface area contributed by atoms with Crippen LogP contribution in [0.3, 0.4) is 0 Å². The molecule has 2 aromatic rings. The molecule has 1 heterocycles. The van der Waals surface area contributed by atoms with Crippen molar-refractivity contribution >= 4 is 0 Å². The minimum Gasteiger partial charge on any atom is -0.396 e. The van der Waals surface area contributed by atoms with Crippen molar-refractivity contribution in [2.75, 3.05) is 6.61 Å². The average molecular weight is 213 g/mol. The van der Waals surface area contributed by atoms with E-state index < -0.39 is 0 Å². The van der Waals surface area contributed by atoms with Gasteiger partial charge in [0.05, 0.1) is 0 Å². The number of rotatable bonds is 3. The predicted molar refractivity (Wildman–Crippen MR) is 65.2 cm³/mol. The molecule has 0 unspecified atom stereocenters. The zero-order valence-corrected chi connectivity index (χ0v) is 9.35. The first kappa shape index (κ1) is 10.8. The normalized spacial score (nSPS) is 10.4. The molecule has 2 nitrogen and oxygen atoms in total. The van der Waals surface area contributed by atoms with Crippen molar-refractivity contribution in [3.8, 4) is 11.1 Å². The summed E-state index contributed by atoms with van der Waals surface area (Å²) in [6.07, 6.45) is 4.30. The Morgan fingerprint density at radius 2 is 1.81 bits per heavy atom. The lowest BCUT2D eigenvalue weighted by Gasteiger charge is -2.07. The first-order chi connectivity index (χ1) is 7.81. The maximum atomic E-state index is 9.00. The van der Waals surface area contributed by atoms with E-state index in [1.165, 1.54) is 16.7 Å². The molecule has 0 aliphatic rings. The number of hydrogen-bond donors (Lipinski definition) is 1. The highest BCUT2D eigenvalue weighted by atomic mass is 16.2. The van der Waals surface area contributed by atoms with Crippen molar-refractivity contribution in [3.63, 3.8) is 0 Å². The molecule has 1 N–H and O–H groups in total. The second-order valence-electron chi connectivity index (χ2n) is 3.85. The van der Waals surface area contributed by atoms with Crippen molar-refractivity contribution in [1.82, 2.24) is 4.98 Å². The molecule has 0 radical (unpaired) electrons. The minimum atomic E-state index is 0.195. The number of pyridine rings is 1. The first-order valence-corrected chi connectivity index (χ1v) is 5.42. The highest BCUT2D eigenvalue weighted by molar-refractivity contribution is 5.64. The van der Waals surface area contributed by atoms with Gasteiger partial charge in [-0.25, -0.2) is 0 Å². The van der Waals surface area contributed by atoms with E-state index in [1.54, 1.807) is 12.4 Å². The summed E-state index contributed by atoms with van der Waals surface area (Å²) in [5.74, 6) is 0. The summed E-state index contributed by atoms with van der Waals surface area (Å²) >= 11 is 0. The smallest absolute Gasteiger partial charge is 0.0471 e. The number of aromatic nitrogens is 1. The van der Waals surface area contributed by atoms with E-state index >= 15 is 0 Å². The molecule has 0 aliphatic carbocycles. The largest absolute Gasteiger partial charge is 0.396 e. The predicted octanol–water partition coefficient (Wildman–Crippen LogP) is 2.59. The van der Waals surface area contributed by atoms with Gasteiger partial charge in [-0.15, -0.1) is 0 Å². The lowest BCUT2D eigenvalue weighted by atomic mass is 9.99. The zero-order chi connectivity index (χ0) is 11.4. The number of nitrogens with zero attached hydrogens (tertiary/aromatic N) is 1. The molecule has 0 saturated heterocycles. The first-order valence-electron chi connectivity index (χ1n) is 5.42. The summed E-state index contributed by atoms with van der Waals surface area (Å²) in [7, 11) is 0. The van der Waals surface area contributed by atoms with E-state index in [-0.39, 0.29) is 6.61 Å². The van der Waals surface area contributed by atoms with Gasteiger partial charge in [-0.1, -0.05) is 18.2 Å². The summed E-state index contributed by atoms with van der Waals surface area (Å²) in [6, 6.07) is 10.3. The van der Waals surface area contributed by atoms with Gasteiger partial charge >= 0.3 is 0 Å². The Labute approximate surface area is 95.6 Å². The van der Waals surface area contributed by atoms with Crippen LogP contribution in [-0.2, 0) is 6.42 Å². The Bertz CT molecular complexity index is 465. The Balaban J connectivity index is 2.40. The molecular weight excluding hydrogens is 198 g/mol. The van der Waals surface area contributed by atoms with E-state index in [4.69, 9.17) is 5.11 Å². The fourth-order valence-corrected chi connectivity index (χ4v) is 1.79. The molecule has 2 heteroatoms. The van der Waals surface area contributed by atoms with Crippen molar-refractivity contribution < 1.29 is 5.11 Å². The van der Waals surface area contributed by atoms with Crippen LogP contribution in [0.15, 0.2) is 42.7 Å². The molecule has 82 valence electrons. The van der Waals surface area contributed by atoms with Gasteiger partial charge in [0.2, 0.25) is 0 Å². The van der Waals surface area contributed by atoms with Crippen LogP contribution < -0.4 is 0 Å². The monoisotopic (exact) mass is 213 g/mol. The van der Waals surface area contributed by atoms with Crippen LogP contribution in [0.1, 0.15) is 11.1 Å². The summed E-state index contributed by atoms with van der Waals surface area (Å²) in [5, 5.41) is 9.00. The molecule has 0 aliphatic heterocycles. The average Bonchev–Trinajstić information content (AvgIpc) is 2.33. The summed E-state index contributed by atoms with van der Waals surface area (Å²) in [6.45, 7) is 2.27. The van der Waals surface area contributed by atoms with Crippen LogP contribution in [-0.4, -0.2) is 16.7 Å². The Morgan fingerprint density at radius 3 is 2.50 bits per heavy atom. The highest BCUT2D eigenvalue weighted by Gasteiger charge is 2.01. The lowest BCUT2D eigenvalue weighted by Crippen LogP contribution is -1.94. The topological polar surface area (TPSA) is 33.1 Å². The standard InChI is InChI=1S/C14H15NO/c1-11-2-3-14(10-13(11)6-9-16)12-4-7-15-8-5-12/h2-5,7-8,10,16H,6,9H2,1H3. The molecule has 1 aromatic carbocycles. The summed E-state index contributed by atoms with van der Waals surface area (Å²) < 4.78 is 0. The Kier molecular flexibility index (Phi) is 3.32. The summed E-state index contributed by atoms with van der Waals surface area (Å²) in [4.78, 5) is 4.01. The molecule has 0 atom stereocenters. The van der Waals surface area contributed by atoms with Gasteiger partial charge in [0.1, 0.15) is 0 Å². The second-order valence-corrected chi connectivity index (χ2v) is 3.85. The van der Waals surface area contributed by atoms with Crippen LogP contribution in [0.25, 0.3) is 11.1 Å². The van der Waals surface area contributed by atoms with Crippen LogP contribution in [0.5, 0.6) is 0 Å². The SMILES string of the molecule is Cc1ccc(-c2ccncc2)cc1CCO. The zero-order valence-electron chi connectivity index (χ0n) is 9.35. The third kappa shape index (κ3) is 2.28. The highest BCUT2D eigenvalue weighted by Crippen LogP contribution is 2.21. The lowest BCUT2D eigenvalue weighted by molar-refractivity contribution is 0.299. The van der Waals surface area contributed by atoms with E-state index in [0.717, 1.165) is 5.56 Å². The second kappa shape index (κ2) is 4.90. The van der Waals surface area contributed by atoms with Crippen molar-refractivity contribution in [2.24, 2.45) is 0 Å². The van der Waals surface area contributed by atoms with Gasteiger partial charge in [0, 0.05) is 19.0 Å². The molecule has 0 bridgehead atoms. The van der Waals surface area contributed by atoms with Crippen molar-refractivity contribution in [3.05, 3.63) is 53.9 Å². The van der Waals surface area contributed by atoms with Crippen LogP contribution >= 0.6 is 0 Å². The van der Waals surface area contributed by atoms with Gasteiger partial charge in [0.25, 0.3) is 0 Å². The van der Waals surface area contributed by atoms with Gasteiger partial charge < -0.3 is 5.11 Å². The maximum absolute atomic E-state index is 9.00. The third-order valence-corrected chi connectivity index (χ3v) is 2.74. The number of aliphatic hydroxyl groups excluding tert-OH is 1. The van der Waals surface area contributed by atoms with E-state index in [0.29, 0.717) is 6.42 Å². The fourth-order valence-electron chi connectivity index (χ4n) is 1.79. The Hall–Kier alpha value is -1.67. The number of aryl methyl sites for hydroxylation is 1. The third-order valence-electron chi connectivity index (χ3n) is 2.74. The maximum Gasteiger partial charge on any atom is 0.0471 e. The van der Waals surface area contributed by atoms with Gasteiger partial charge in [-0.3, -0.25) is 4.98 Å². The molecular formula is C14H15NO. The van der Waals surface area contributed by atoms with Crippen molar-refractivity contribution in [1.29, 1.82) is 0 Å². The summed E-state index contributed by atoms with van der Waals surface area (Å²) in [5.41, 5.74) is 4.77. The van der Waals surface area contributed by atoms with Gasteiger partial charge in [0.15, 0.2) is 0 Å². The van der Waals surface area contributed by atoms with E-state index in [9.17, 15) is 0 Å². The molecule has 0 amide bonds. The quantitative estimate of drug-likeness (QED) is 0.850. The Morgan fingerprint density at radius 1 is 1.06 bits per heavy atom. The van der Waals surface area contributed by atoms with Gasteiger partial charge in [-0.05, 0) is 47.7 Å². The molecule has 1 aromatic heterocycles. The van der Waals surface area contributed by atoms with Crippen LogP contribution in [0, 0.1) is 6.92 Å². The van der Waals surface area contributed by atoms with E-state index in [2.05, 4.69) is 30.1 Å². The molecule has 0 fully saturated rings. The van der Waals surface area contributed by atoms with Crippen LogP contribution in [0.4, 0.5) is 0 Å². The number of hydrogen-bond acceptors (Lipinski definition) is 2.